The second-order valence-corrected chi connectivity index (χ2v) is 4.11. The van der Waals surface area contributed by atoms with E-state index in [2.05, 4.69) is 15.3 Å². The number of non-ortho nitro benzene ring substituents is 1. The van der Waals surface area contributed by atoms with Crippen molar-refractivity contribution in [2.24, 2.45) is 0 Å². The topological polar surface area (TPSA) is 121 Å². The zero-order valence-electron chi connectivity index (χ0n) is 10.1. The number of anilines is 1. The lowest BCUT2D eigenvalue weighted by Gasteiger charge is -2.12. The lowest BCUT2D eigenvalue weighted by molar-refractivity contribution is -0.384. The van der Waals surface area contributed by atoms with Gasteiger partial charge in [0.05, 0.1) is 17.0 Å². The van der Waals surface area contributed by atoms with Crippen molar-refractivity contribution in [1.82, 2.24) is 9.97 Å². The number of nitrogens with zero attached hydrogens (tertiary/aromatic N) is 2. The molecule has 0 radical (unpaired) electrons. The molecule has 0 aliphatic carbocycles. The summed E-state index contributed by atoms with van der Waals surface area (Å²) < 4.78 is 0. The first kappa shape index (κ1) is 13.0. The minimum Gasteiger partial charge on any atom is -0.394 e. The Hall–Kier alpha value is -2.48. The number of aliphatic hydroxyl groups excluding tert-OH is 1. The van der Waals surface area contributed by atoms with E-state index in [-0.39, 0.29) is 24.2 Å². The molecular weight excluding hydrogens is 252 g/mol. The standard InChI is InChI=1S/C11H12N4O4/c1-6(5-16)12-10-8-4-7(15(18)19)2-3-9(8)13-11(17)14-10/h2-4,6,16H,5H2,1H3,(H2,12,13,14,17). The van der Waals surface area contributed by atoms with Gasteiger partial charge in [-0.2, -0.15) is 4.98 Å². The van der Waals surface area contributed by atoms with Gasteiger partial charge in [-0.3, -0.25) is 10.1 Å². The molecule has 0 saturated heterocycles. The number of hydrogen-bond acceptors (Lipinski definition) is 6. The van der Waals surface area contributed by atoms with E-state index in [1.807, 2.05) is 0 Å². The molecule has 1 aromatic heterocycles. The summed E-state index contributed by atoms with van der Waals surface area (Å²) in [4.78, 5) is 27.8. The van der Waals surface area contributed by atoms with Crippen molar-refractivity contribution in [3.05, 3.63) is 38.8 Å². The van der Waals surface area contributed by atoms with E-state index in [4.69, 9.17) is 5.11 Å². The third-order valence-corrected chi connectivity index (χ3v) is 2.58. The number of nitro benzene ring substituents is 1. The normalized spacial score (nSPS) is 12.3. The van der Waals surface area contributed by atoms with Crippen molar-refractivity contribution in [1.29, 1.82) is 0 Å². The number of rotatable bonds is 4. The lowest BCUT2D eigenvalue weighted by Crippen LogP contribution is -2.23. The van der Waals surface area contributed by atoms with Gasteiger partial charge in [-0.05, 0) is 13.0 Å². The predicted molar refractivity (Wildman–Crippen MR) is 69.2 cm³/mol. The number of fused-ring (bicyclic) bond motifs is 1. The Morgan fingerprint density at radius 1 is 1.58 bits per heavy atom. The molecule has 0 aliphatic heterocycles. The molecular formula is C11H12N4O4. The maximum absolute atomic E-state index is 11.4. The van der Waals surface area contributed by atoms with Crippen molar-refractivity contribution >= 4 is 22.4 Å². The van der Waals surface area contributed by atoms with E-state index in [0.29, 0.717) is 10.9 Å². The van der Waals surface area contributed by atoms with Crippen LogP contribution in [0.1, 0.15) is 6.92 Å². The highest BCUT2D eigenvalue weighted by molar-refractivity contribution is 5.90. The molecule has 1 unspecified atom stereocenters. The second-order valence-electron chi connectivity index (χ2n) is 4.11. The maximum atomic E-state index is 11.4. The summed E-state index contributed by atoms with van der Waals surface area (Å²) in [6.07, 6.45) is 0. The number of aromatic nitrogens is 2. The summed E-state index contributed by atoms with van der Waals surface area (Å²) in [5.41, 5.74) is -0.215. The highest BCUT2D eigenvalue weighted by Gasteiger charge is 2.12. The average molecular weight is 264 g/mol. The first-order valence-electron chi connectivity index (χ1n) is 5.57. The van der Waals surface area contributed by atoms with Crippen LogP contribution in [0.15, 0.2) is 23.0 Å². The van der Waals surface area contributed by atoms with Crippen LogP contribution in [0.2, 0.25) is 0 Å². The van der Waals surface area contributed by atoms with Gasteiger partial charge in [-0.25, -0.2) is 4.79 Å². The first-order chi connectivity index (χ1) is 9.01. The van der Waals surface area contributed by atoms with E-state index in [0.717, 1.165) is 0 Å². The summed E-state index contributed by atoms with van der Waals surface area (Å²) in [6.45, 7) is 1.55. The van der Waals surface area contributed by atoms with Gasteiger partial charge in [0.1, 0.15) is 5.82 Å². The van der Waals surface area contributed by atoms with Gasteiger partial charge in [-0.1, -0.05) is 0 Å². The minimum absolute atomic E-state index is 0.0962. The largest absolute Gasteiger partial charge is 0.394 e. The maximum Gasteiger partial charge on any atom is 0.347 e. The Labute approximate surface area is 107 Å². The van der Waals surface area contributed by atoms with Crippen molar-refractivity contribution < 1.29 is 10.0 Å². The summed E-state index contributed by atoms with van der Waals surface area (Å²) in [5.74, 6) is 0.212. The molecule has 0 fully saturated rings. The monoisotopic (exact) mass is 264 g/mol. The molecule has 1 aromatic carbocycles. The van der Waals surface area contributed by atoms with Crippen LogP contribution in [0.25, 0.3) is 10.9 Å². The zero-order chi connectivity index (χ0) is 14.0. The van der Waals surface area contributed by atoms with Gasteiger partial charge in [-0.15, -0.1) is 0 Å². The third kappa shape index (κ3) is 2.68. The Morgan fingerprint density at radius 3 is 2.95 bits per heavy atom. The van der Waals surface area contributed by atoms with E-state index >= 15 is 0 Å². The smallest absolute Gasteiger partial charge is 0.347 e. The van der Waals surface area contributed by atoms with Crippen LogP contribution in [-0.4, -0.2) is 32.6 Å². The molecule has 0 bridgehead atoms. The molecule has 3 N–H and O–H groups in total. The fraction of sp³-hybridized carbons (Fsp3) is 0.273. The summed E-state index contributed by atoms with van der Waals surface area (Å²) in [5, 5.41) is 23.0. The van der Waals surface area contributed by atoms with E-state index in [1.54, 1.807) is 6.92 Å². The van der Waals surface area contributed by atoms with Crippen molar-refractivity contribution in [2.45, 2.75) is 13.0 Å². The summed E-state index contributed by atoms with van der Waals surface area (Å²) >= 11 is 0. The number of aliphatic hydroxyl groups is 1. The van der Waals surface area contributed by atoms with Gasteiger partial charge in [0.25, 0.3) is 5.69 Å². The summed E-state index contributed by atoms with van der Waals surface area (Å²) in [6, 6.07) is 3.75. The van der Waals surface area contributed by atoms with Crippen LogP contribution >= 0.6 is 0 Å². The second kappa shape index (κ2) is 5.02. The van der Waals surface area contributed by atoms with Gasteiger partial charge in [0.2, 0.25) is 0 Å². The van der Waals surface area contributed by atoms with Crippen LogP contribution in [0.5, 0.6) is 0 Å². The van der Waals surface area contributed by atoms with E-state index in [1.165, 1.54) is 18.2 Å². The number of aromatic amines is 1. The minimum atomic E-state index is -0.561. The van der Waals surface area contributed by atoms with Gasteiger partial charge in [0.15, 0.2) is 0 Å². The molecule has 8 nitrogen and oxygen atoms in total. The molecule has 100 valence electrons. The summed E-state index contributed by atoms with van der Waals surface area (Å²) in [7, 11) is 0. The quantitative estimate of drug-likeness (QED) is 0.550. The fourth-order valence-electron chi connectivity index (χ4n) is 1.64. The first-order valence-corrected chi connectivity index (χ1v) is 5.57. The molecule has 0 aliphatic rings. The van der Waals surface area contributed by atoms with Crippen molar-refractivity contribution in [3.63, 3.8) is 0 Å². The van der Waals surface area contributed by atoms with Gasteiger partial charge >= 0.3 is 5.69 Å². The molecule has 2 rings (SSSR count). The molecule has 8 heteroatoms. The molecule has 2 aromatic rings. The Balaban J connectivity index is 2.62. The molecule has 0 saturated carbocycles. The molecule has 1 atom stereocenters. The third-order valence-electron chi connectivity index (χ3n) is 2.58. The lowest BCUT2D eigenvalue weighted by atomic mass is 10.2. The van der Waals surface area contributed by atoms with Crippen LogP contribution in [0, 0.1) is 10.1 Å². The molecule has 0 amide bonds. The average Bonchev–Trinajstić information content (AvgIpc) is 2.37. The molecule has 19 heavy (non-hydrogen) atoms. The van der Waals surface area contributed by atoms with Crippen LogP contribution in [0.3, 0.4) is 0 Å². The van der Waals surface area contributed by atoms with E-state index < -0.39 is 10.6 Å². The van der Waals surface area contributed by atoms with Gasteiger partial charge in [0, 0.05) is 23.6 Å². The predicted octanol–water partition coefficient (Wildman–Crippen LogP) is 0.624. The SMILES string of the molecule is CC(CO)Nc1nc(=O)[nH]c2ccc([N+](=O)[O-])cc12. The molecule has 0 spiro atoms. The fourth-order valence-corrected chi connectivity index (χ4v) is 1.64. The Morgan fingerprint density at radius 2 is 2.32 bits per heavy atom. The number of nitro groups is 1. The van der Waals surface area contributed by atoms with Crippen LogP contribution in [-0.2, 0) is 0 Å². The highest BCUT2D eigenvalue weighted by atomic mass is 16.6. The van der Waals surface area contributed by atoms with Crippen LogP contribution in [0.4, 0.5) is 11.5 Å². The van der Waals surface area contributed by atoms with Crippen molar-refractivity contribution in [2.75, 3.05) is 11.9 Å². The van der Waals surface area contributed by atoms with Crippen LogP contribution < -0.4 is 11.0 Å². The Bertz CT molecular complexity index is 682. The highest BCUT2D eigenvalue weighted by Crippen LogP contribution is 2.23. The number of nitrogens with one attached hydrogen (secondary N) is 2. The zero-order valence-corrected chi connectivity index (χ0v) is 10.1. The number of hydrogen-bond donors (Lipinski definition) is 3. The van der Waals surface area contributed by atoms with Gasteiger partial charge < -0.3 is 15.4 Å². The van der Waals surface area contributed by atoms with Crippen molar-refractivity contribution in [3.8, 4) is 0 Å². The molecule has 1 heterocycles. The number of benzene rings is 1. The Kier molecular flexibility index (Phi) is 3.43. The van der Waals surface area contributed by atoms with E-state index in [9.17, 15) is 14.9 Å². The number of H-pyrrole nitrogens is 1.